The molecule has 0 bridgehead atoms. The quantitative estimate of drug-likeness (QED) is 0.277. The number of carbonyl (C=O) groups excluding carboxylic acids is 3. The molecule has 2 N–H and O–H groups in total. The number of esters is 1. The molecule has 13 heteroatoms. The van der Waals surface area contributed by atoms with Crippen molar-refractivity contribution in [2.75, 3.05) is 13.7 Å². The number of rotatable bonds is 4. The van der Waals surface area contributed by atoms with Crippen molar-refractivity contribution in [2.45, 2.75) is 37.6 Å². The minimum atomic E-state index is -1.71. The molecule has 2 heterocycles. The zero-order valence-corrected chi connectivity index (χ0v) is 18.4. The van der Waals surface area contributed by atoms with Crippen molar-refractivity contribution < 1.29 is 38.8 Å². The third kappa shape index (κ3) is 3.67. The number of hydrogen-bond donors (Lipinski definition) is 2. The van der Waals surface area contributed by atoms with Crippen molar-refractivity contribution in [1.82, 2.24) is 4.90 Å². The van der Waals surface area contributed by atoms with E-state index in [1.807, 2.05) is 0 Å². The van der Waals surface area contributed by atoms with E-state index in [0.29, 0.717) is 4.90 Å². The maximum atomic E-state index is 13.0. The third-order valence-corrected chi connectivity index (χ3v) is 6.58. The Morgan fingerprint density at radius 3 is 1.93 bits per heavy atom. The van der Waals surface area contributed by atoms with Gasteiger partial charge in [-0.2, -0.15) is 0 Å². The summed E-state index contributed by atoms with van der Waals surface area (Å²) in [7, 11) is 1.21. The molecule has 0 saturated carbocycles. The summed E-state index contributed by atoms with van der Waals surface area (Å²) >= 11 is 24.2. The molecular weight excluding hydrogens is 488 g/mol. The second-order valence-electron chi connectivity index (χ2n) is 6.54. The molecule has 1 saturated heterocycles. The molecule has 1 aromatic carbocycles. The van der Waals surface area contributed by atoms with Gasteiger partial charge in [0.15, 0.2) is 6.29 Å². The fourth-order valence-electron chi connectivity index (χ4n) is 3.36. The van der Waals surface area contributed by atoms with Crippen molar-refractivity contribution in [3.8, 4) is 0 Å². The lowest BCUT2D eigenvalue weighted by atomic mass is 9.95. The molecule has 164 valence electrons. The smallest absolute Gasteiger partial charge is 0.302 e. The molecule has 30 heavy (non-hydrogen) atoms. The summed E-state index contributed by atoms with van der Waals surface area (Å²) in [5, 5.41) is 20.1. The largest absolute Gasteiger partial charge is 0.463 e. The Balaban J connectivity index is 2.00. The molecule has 0 radical (unpaired) electrons. The van der Waals surface area contributed by atoms with Crippen molar-refractivity contribution in [1.29, 1.82) is 0 Å². The predicted molar refractivity (Wildman–Crippen MR) is 105 cm³/mol. The van der Waals surface area contributed by atoms with Gasteiger partial charge in [-0.25, -0.2) is 0 Å². The third-order valence-electron chi connectivity index (χ3n) is 4.78. The van der Waals surface area contributed by atoms with Crippen LogP contribution < -0.4 is 0 Å². The normalized spacial score (nSPS) is 28.7. The molecule has 0 aliphatic carbocycles. The van der Waals surface area contributed by atoms with Crippen molar-refractivity contribution in [3.63, 3.8) is 0 Å². The highest BCUT2D eigenvalue weighted by Gasteiger charge is 2.54. The Labute approximate surface area is 190 Å². The summed E-state index contributed by atoms with van der Waals surface area (Å²) < 4.78 is 15.5. The van der Waals surface area contributed by atoms with E-state index in [1.165, 1.54) is 7.11 Å². The molecule has 9 nitrogen and oxygen atoms in total. The van der Waals surface area contributed by atoms with Crippen LogP contribution in [0.15, 0.2) is 0 Å². The lowest BCUT2D eigenvalue weighted by Gasteiger charge is -2.44. The number of ether oxygens (including phenoxy) is 3. The van der Waals surface area contributed by atoms with E-state index in [-0.39, 0.29) is 37.8 Å². The van der Waals surface area contributed by atoms with Crippen LogP contribution in [0.3, 0.4) is 0 Å². The fraction of sp³-hybridized carbons (Fsp3) is 0.471. The molecule has 1 fully saturated rings. The molecule has 2 aliphatic rings. The first-order valence-corrected chi connectivity index (χ1v) is 9.95. The second kappa shape index (κ2) is 8.76. The number of hydrogen-bond acceptors (Lipinski definition) is 8. The minimum Gasteiger partial charge on any atom is -0.463 e. The van der Waals surface area contributed by atoms with Crippen molar-refractivity contribution >= 4 is 64.2 Å². The van der Waals surface area contributed by atoms with Gasteiger partial charge in [0, 0.05) is 14.0 Å². The maximum absolute atomic E-state index is 13.0. The zero-order valence-electron chi connectivity index (χ0n) is 15.4. The van der Waals surface area contributed by atoms with Gasteiger partial charge in [0.2, 0.25) is 0 Å². The van der Waals surface area contributed by atoms with E-state index in [0.717, 1.165) is 6.92 Å². The van der Waals surface area contributed by atoms with Crippen LogP contribution >= 0.6 is 46.4 Å². The van der Waals surface area contributed by atoms with Crippen LogP contribution in [0.5, 0.6) is 0 Å². The van der Waals surface area contributed by atoms with Crippen LogP contribution in [0.1, 0.15) is 27.6 Å². The van der Waals surface area contributed by atoms with E-state index < -0.39 is 48.4 Å². The first kappa shape index (κ1) is 23.5. The van der Waals surface area contributed by atoms with E-state index >= 15 is 0 Å². The minimum absolute atomic E-state index is 0.213. The highest BCUT2D eigenvalue weighted by Crippen LogP contribution is 2.46. The number of methoxy groups -OCH3 is 1. The summed E-state index contributed by atoms with van der Waals surface area (Å²) in [5.41, 5.74) is -0.584. The maximum Gasteiger partial charge on any atom is 0.302 e. The van der Waals surface area contributed by atoms with Gasteiger partial charge in [-0.3, -0.25) is 19.3 Å². The van der Waals surface area contributed by atoms with Crippen LogP contribution in [0.2, 0.25) is 20.1 Å². The van der Waals surface area contributed by atoms with Gasteiger partial charge in [-0.15, -0.1) is 0 Å². The zero-order chi connectivity index (χ0) is 22.5. The standard InChI is InChI=1S/C17H15Cl4NO8/c1-4(23)29-3-5-13(24)14(25)12(17(28-2)30-5)22-15(26)6-7(16(22)27)9(19)11(21)10(20)8(6)18/h5,12-14,17,24-25H,3H2,1-2H3/t5-,12-,13-,14-,17-/m1/s1. The number of aliphatic hydroxyl groups excluding tert-OH is 2. The average Bonchev–Trinajstić information content (AvgIpc) is 2.96. The number of imide groups is 1. The monoisotopic (exact) mass is 501 g/mol. The van der Waals surface area contributed by atoms with Crippen molar-refractivity contribution in [3.05, 3.63) is 31.2 Å². The Morgan fingerprint density at radius 1 is 1.00 bits per heavy atom. The first-order valence-electron chi connectivity index (χ1n) is 8.44. The Kier molecular flexibility index (Phi) is 6.86. The summed E-state index contributed by atoms with van der Waals surface area (Å²) in [4.78, 5) is 37.7. The van der Waals surface area contributed by atoms with Gasteiger partial charge < -0.3 is 24.4 Å². The summed E-state index contributed by atoms with van der Waals surface area (Å²) in [6, 6.07) is -1.48. The summed E-state index contributed by atoms with van der Waals surface area (Å²) in [5.74, 6) is -2.49. The number of nitrogens with zero attached hydrogens (tertiary/aromatic N) is 1. The Morgan fingerprint density at radius 2 is 1.50 bits per heavy atom. The first-order chi connectivity index (χ1) is 14.0. The van der Waals surface area contributed by atoms with E-state index in [4.69, 9.17) is 60.6 Å². The van der Waals surface area contributed by atoms with Gasteiger partial charge in [0.1, 0.15) is 31.0 Å². The van der Waals surface area contributed by atoms with Crippen LogP contribution in [0.4, 0.5) is 0 Å². The molecular formula is C17H15Cl4NO8. The number of fused-ring (bicyclic) bond motifs is 1. The summed E-state index contributed by atoms with van der Waals surface area (Å²) in [6.07, 6.45) is -5.87. The number of carbonyl (C=O) groups is 3. The number of benzene rings is 1. The number of halogens is 4. The SMILES string of the molecule is CO[C@@H]1O[C@H](COC(C)=O)[C@@H](O)[C@H](O)[C@H]1N1C(=O)c2c(Cl)c(Cl)c(Cl)c(Cl)c2C1=O. The Bertz CT molecular complexity index is 877. The van der Waals surface area contributed by atoms with Crippen molar-refractivity contribution in [2.24, 2.45) is 0 Å². The molecule has 0 spiro atoms. The molecule has 2 amide bonds. The lowest BCUT2D eigenvalue weighted by molar-refractivity contribution is -0.273. The summed E-state index contributed by atoms with van der Waals surface area (Å²) in [6.45, 7) is 0.774. The highest BCUT2D eigenvalue weighted by molar-refractivity contribution is 6.55. The fourth-order valence-corrected chi connectivity index (χ4v) is 4.37. The van der Waals surface area contributed by atoms with Crippen LogP contribution in [-0.4, -0.2) is 77.3 Å². The highest BCUT2D eigenvalue weighted by atomic mass is 35.5. The van der Waals surface area contributed by atoms with Gasteiger partial charge in [0.05, 0.1) is 31.2 Å². The predicted octanol–water partition coefficient (Wildman–Crippen LogP) is 1.92. The second-order valence-corrected chi connectivity index (χ2v) is 8.05. The van der Waals surface area contributed by atoms with Gasteiger partial charge >= 0.3 is 5.97 Å². The molecule has 1 aromatic rings. The van der Waals surface area contributed by atoms with E-state index in [9.17, 15) is 24.6 Å². The molecule has 5 atom stereocenters. The lowest BCUT2D eigenvalue weighted by Crippen LogP contribution is -2.65. The average molecular weight is 503 g/mol. The molecule has 0 aromatic heterocycles. The van der Waals surface area contributed by atoms with Crippen LogP contribution in [0, 0.1) is 0 Å². The molecule has 0 unspecified atom stereocenters. The Hall–Kier alpha value is -1.17. The van der Waals surface area contributed by atoms with Crippen LogP contribution in [-0.2, 0) is 19.0 Å². The van der Waals surface area contributed by atoms with E-state index in [2.05, 4.69) is 0 Å². The number of amides is 2. The molecule has 3 rings (SSSR count). The van der Waals surface area contributed by atoms with E-state index in [1.54, 1.807) is 0 Å². The topological polar surface area (TPSA) is 123 Å². The van der Waals surface area contributed by atoms with Gasteiger partial charge in [0.25, 0.3) is 11.8 Å². The number of aliphatic hydroxyl groups is 2. The van der Waals surface area contributed by atoms with Gasteiger partial charge in [-0.1, -0.05) is 46.4 Å². The van der Waals surface area contributed by atoms with Gasteiger partial charge in [-0.05, 0) is 0 Å². The molecule has 2 aliphatic heterocycles. The van der Waals surface area contributed by atoms with Crippen LogP contribution in [0.25, 0.3) is 0 Å².